The van der Waals surface area contributed by atoms with Crippen molar-refractivity contribution in [1.82, 2.24) is 0 Å². The third-order valence-electron chi connectivity index (χ3n) is 3.48. The monoisotopic (exact) mass is 287 g/mol. The van der Waals surface area contributed by atoms with E-state index in [-0.39, 0.29) is 6.04 Å². The van der Waals surface area contributed by atoms with Crippen LogP contribution in [0.4, 0.5) is 18.9 Å². The van der Waals surface area contributed by atoms with Crippen LogP contribution in [-0.4, -0.2) is 25.0 Å². The maximum absolute atomic E-state index is 13.0. The number of halogens is 3. The minimum absolute atomic E-state index is 0.0956. The fraction of sp³-hybridized carbons (Fsp3) is 0.462. The van der Waals surface area contributed by atoms with Crippen LogP contribution in [0.15, 0.2) is 18.2 Å². The number of alkyl halides is 3. The van der Waals surface area contributed by atoms with E-state index >= 15 is 0 Å². The molecular formula is C13H16F3N3O. The molecule has 1 aliphatic heterocycles. The van der Waals surface area contributed by atoms with Gasteiger partial charge in [0.05, 0.1) is 11.1 Å². The van der Waals surface area contributed by atoms with Crippen LogP contribution in [0.25, 0.3) is 0 Å². The highest BCUT2D eigenvalue weighted by Gasteiger charge is 2.35. The van der Waals surface area contributed by atoms with Gasteiger partial charge in [0.2, 0.25) is 5.91 Å². The van der Waals surface area contributed by atoms with Crippen molar-refractivity contribution in [3.63, 3.8) is 0 Å². The molecule has 0 unspecified atom stereocenters. The first kappa shape index (κ1) is 14.6. The van der Waals surface area contributed by atoms with Gasteiger partial charge in [-0.05, 0) is 31.0 Å². The fourth-order valence-electron chi connectivity index (χ4n) is 2.34. The van der Waals surface area contributed by atoms with E-state index in [1.807, 2.05) is 4.90 Å². The number of anilines is 1. The summed E-state index contributed by atoms with van der Waals surface area (Å²) in [5.41, 5.74) is 9.70. The van der Waals surface area contributed by atoms with Crippen molar-refractivity contribution in [2.24, 2.45) is 11.5 Å². The van der Waals surface area contributed by atoms with Crippen LogP contribution >= 0.6 is 0 Å². The predicted octanol–water partition coefficient (Wildman–Crippen LogP) is 1.73. The summed E-state index contributed by atoms with van der Waals surface area (Å²) in [6.07, 6.45) is -3.13. The second-order valence-corrected chi connectivity index (χ2v) is 4.92. The molecule has 0 spiro atoms. The van der Waals surface area contributed by atoms with Gasteiger partial charge in [0.1, 0.15) is 0 Å². The lowest BCUT2D eigenvalue weighted by Gasteiger charge is -2.32. The topological polar surface area (TPSA) is 72.4 Å². The molecule has 0 radical (unpaired) electrons. The van der Waals surface area contributed by atoms with Crippen molar-refractivity contribution in [3.8, 4) is 0 Å². The summed E-state index contributed by atoms with van der Waals surface area (Å²) in [6.45, 7) is 1.21. The molecule has 110 valence electrons. The summed E-state index contributed by atoms with van der Waals surface area (Å²) in [5.74, 6) is -1.08. The van der Waals surface area contributed by atoms with Gasteiger partial charge in [-0.2, -0.15) is 13.2 Å². The Balaban J connectivity index is 2.35. The number of nitrogens with two attached hydrogens (primary N) is 2. The number of hydrogen-bond acceptors (Lipinski definition) is 3. The Bertz CT molecular complexity index is 508. The number of amides is 1. The highest BCUT2D eigenvalue weighted by molar-refractivity contribution is 5.95. The lowest BCUT2D eigenvalue weighted by atomic mass is 10.0. The van der Waals surface area contributed by atoms with Crippen molar-refractivity contribution < 1.29 is 18.0 Å². The zero-order chi connectivity index (χ0) is 14.9. The molecule has 1 fully saturated rings. The van der Waals surface area contributed by atoms with Crippen molar-refractivity contribution in [2.45, 2.75) is 25.1 Å². The van der Waals surface area contributed by atoms with Gasteiger partial charge in [-0.15, -0.1) is 0 Å². The molecule has 4 nitrogen and oxygen atoms in total. The average molecular weight is 287 g/mol. The van der Waals surface area contributed by atoms with Gasteiger partial charge in [0.25, 0.3) is 0 Å². The number of rotatable bonds is 2. The van der Waals surface area contributed by atoms with Crippen LogP contribution in [0, 0.1) is 0 Å². The van der Waals surface area contributed by atoms with Crippen molar-refractivity contribution in [3.05, 3.63) is 29.3 Å². The summed E-state index contributed by atoms with van der Waals surface area (Å²) in [7, 11) is 0. The SMILES string of the molecule is NC(=O)c1ccc(N2CCC(N)CC2)cc1C(F)(F)F. The summed E-state index contributed by atoms with van der Waals surface area (Å²) >= 11 is 0. The predicted molar refractivity (Wildman–Crippen MR) is 69.4 cm³/mol. The maximum Gasteiger partial charge on any atom is 0.417 e. The Morgan fingerprint density at radius 2 is 1.85 bits per heavy atom. The third-order valence-corrected chi connectivity index (χ3v) is 3.48. The first-order valence-corrected chi connectivity index (χ1v) is 6.30. The van der Waals surface area contributed by atoms with Gasteiger partial charge in [-0.25, -0.2) is 0 Å². The van der Waals surface area contributed by atoms with E-state index in [4.69, 9.17) is 11.5 Å². The van der Waals surface area contributed by atoms with Gasteiger partial charge in [0.15, 0.2) is 0 Å². The van der Waals surface area contributed by atoms with E-state index in [0.717, 1.165) is 25.0 Å². The molecular weight excluding hydrogens is 271 g/mol. The fourth-order valence-corrected chi connectivity index (χ4v) is 2.34. The zero-order valence-corrected chi connectivity index (χ0v) is 10.8. The first-order chi connectivity index (χ1) is 9.29. The Morgan fingerprint density at radius 3 is 2.35 bits per heavy atom. The highest BCUT2D eigenvalue weighted by atomic mass is 19.4. The quantitative estimate of drug-likeness (QED) is 0.870. The number of piperidine rings is 1. The number of benzene rings is 1. The number of carbonyl (C=O) groups is 1. The summed E-state index contributed by atoms with van der Waals surface area (Å²) in [4.78, 5) is 12.9. The highest BCUT2D eigenvalue weighted by Crippen LogP contribution is 2.35. The van der Waals surface area contributed by atoms with Crippen LogP contribution in [0.5, 0.6) is 0 Å². The second kappa shape index (κ2) is 5.32. The van der Waals surface area contributed by atoms with Crippen LogP contribution in [0.3, 0.4) is 0 Å². The van der Waals surface area contributed by atoms with Crippen molar-refractivity contribution in [1.29, 1.82) is 0 Å². The number of carbonyl (C=O) groups excluding carboxylic acids is 1. The van der Waals surface area contributed by atoms with Gasteiger partial charge in [-0.1, -0.05) is 0 Å². The third kappa shape index (κ3) is 3.04. The molecule has 1 saturated heterocycles. The summed E-state index contributed by atoms with van der Waals surface area (Å²) in [5, 5.41) is 0. The van der Waals surface area contributed by atoms with Crippen molar-refractivity contribution in [2.75, 3.05) is 18.0 Å². The van der Waals surface area contributed by atoms with E-state index in [1.165, 1.54) is 6.07 Å². The molecule has 0 aliphatic carbocycles. The van der Waals surface area contributed by atoms with E-state index < -0.39 is 23.2 Å². The molecule has 1 aliphatic rings. The molecule has 1 aromatic carbocycles. The maximum atomic E-state index is 13.0. The van der Waals surface area contributed by atoms with Crippen molar-refractivity contribution >= 4 is 11.6 Å². The van der Waals surface area contributed by atoms with Crippen LogP contribution in [-0.2, 0) is 6.18 Å². The molecule has 4 N–H and O–H groups in total. The van der Waals surface area contributed by atoms with Crippen LogP contribution in [0.2, 0.25) is 0 Å². The number of hydrogen-bond donors (Lipinski definition) is 2. The minimum Gasteiger partial charge on any atom is -0.371 e. The summed E-state index contributed by atoms with van der Waals surface area (Å²) < 4.78 is 38.9. The normalized spacial score (nSPS) is 17.3. The molecule has 0 saturated carbocycles. The second-order valence-electron chi connectivity index (χ2n) is 4.92. The summed E-state index contributed by atoms with van der Waals surface area (Å²) in [6, 6.07) is 3.70. The lowest BCUT2D eigenvalue weighted by molar-refractivity contribution is -0.137. The Morgan fingerprint density at radius 1 is 1.25 bits per heavy atom. The van der Waals surface area contributed by atoms with Crippen LogP contribution in [0.1, 0.15) is 28.8 Å². The Hall–Kier alpha value is -1.76. The molecule has 7 heteroatoms. The van der Waals surface area contributed by atoms with Gasteiger partial charge in [-0.3, -0.25) is 4.79 Å². The van der Waals surface area contributed by atoms with Gasteiger partial charge >= 0.3 is 6.18 Å². The van der Waals surface area contributed by atoms with Crippen LogP contribution < -0.4 is 16.4 Å². The van der Waals surface area contributed by atoms with Gasteiger partial charge in [0, 0.05) is 24.8 Å². The molecule has 2 rings (SSSR count). The molecule has 0 aromatic heterocycles. The molecule has 1 amide bonds. The van der Waals surface area contributed by atoms with E-state index in [2.05, 4.69) is 0 Å². The molecule has 1 aromatic rings. The van der Waals surface area contributed by atoms with E-state index in [9.17, 15) is 18.0 Å². The number of primary amides is 1. The van der Waals surface area contributed by atoms with E-state index in [0.29, 0.717) is 18.8 Å². The van der Waals surface area contributed by atoms with Gasteiger partial charge < -0.3 is 16.4 Å². The standard InChI is InChI=1S/C13H16F3N3O/c14-13(15,16)11-7-9(1-2-10(11)12(18)20)19-5-3-8(17)4-6-19/h1-2,7-8H,3-6,17H2,(H2,18,20). The number of nitrogens with zero attached hydrogens (tertiary/aromatic N) is 1. The van der Waals surface area contributed by atoms with E-state index in [1.54, 1.807) is 0 Å². The molecule has 0 atom stereocenters. The lowest BCUT2D eigenvalue weighted by Crippen LogP contribution is -2.39. The average Bonchev–Trinajstić information content (AvgIpc) is 2.38. The Kier molecular flexibility index (Phi) is 3.89. The largest absolute Gasteiger partial charge is 0.417 e. The first-order valence-electron chi connectivity index (χ1n) is 6.30. The molecule has 0 bridgehead atoms. The molecule has 20 heavy (non-hydrogen) atoms. The molecule has 1 heterocycles. The minimum atomic E-state index is -4.60. The Labute approximate surface area is 114 Å². The smallest absolute Gasteiger partial charge is 0.371 e. The zero-order valence-electron chi connectivity index (χ0n) is 10.8.